The molecule has 2 N–H and O–H groups in total. The van der Waals surface area contributed by atoms with Gasteiger partial charge < -0.3 is 10.6 Å². The third-order valence-electron chi connectivity index (χ3n) is 6.06. The first kappa shape index (κ1) is 18.3. The number of carbonyl (C=O) groups is 1. The molecule has 1 saturated heterocycles. The minimum atomic E-state index is -0.0624. The summed E-state index contributed by atoms with van der Waals surface area (Å²) in [6.45, 7) is 8.67. The van der Waals surface area contributed by atoms with Crippen molar-refractivity contribution in [2.24, 2.45) is 11.3 Å². The lowest BCUT2D eigenvalue weighted by atomic mass is 9.78. The van der Waals surface area contributed by atoms with Crippen LogP contribution in [0.15, 0.2) is 30.3 Å². The van der Waals surface area contributed by atoms with Crippen LogP contribution < -0.4 is 10.6 Å². The minimum absolute atomic E-state index is 0. The van der Waals surface area contributed by atoms with Gasteiger partial charge in [-0.3, -0.25) is 4.79 Å². The number of benzene rings is 1. The van der Waals surface area contributed by atoms with Gasteiger partial charge in [-0.25, -0.2) is 0 Å². The van der Waals surface area contributed by atoms with Gasteiger partial charge in [0.25, 0.3) is 0 Å². The zero-order chi connectivity index (χ0) is 15.8. The Bertz CT molecular complexity index is 538. The maximum Gasteiger partial charge on any atom is 0.223 e. The van der Waals surface area contributed by atoms with Gasteiger partial charge >= 0.3 is 0 Å². The van der Waals surface area contributed by atoms with Crippen LogP contribution in [0.25, 0.3) is 0 Å². The van der Waals surface area contributed by atoms with Crippen LogP contribution in [0.3, 0.4) is 0 Å². The van der Waals surface area contributed by atoms with E-state index in [9.17, 15) is 4.79 Å². The molecule has 1 aromatic rings. The van der Waals surface area contributed by atoms with Crippen molar-refractivity contribution in [1.29, 1.82) is 0 Å². The van der Waals surface area contributed by atoms with Crippen LogP contribution in [0.4, 0.5) is 0 Å². The van der Waals surface area contributed by atoms with Gasteiger partial charge in [0.1, 0.15) is 0 Å². The Labute approximate surface area is 146 Å². The summed E-state index contributed by atoms with van der Waals surface area (Å²) in [7, 11) is 0. The van der Waals surface area contributed by atoms with Crippen LogP contribution in [0.5, 0.6) is 0 Å². The first-order chi connectivity index (χ1) is 10.5. The molecule has 1 aliphatic heterocycles. The molecule has 0 radical (unpaired) electrons. The number of nitrogens with one attached hydrogen (secondary N) is 2. The number of piperidine rings is 1. The van der Waals surface area contributed by atoms with Crippen LogP contribution in [0.2, 0.25) is 0 Å². The molecule has 1 aromatic carbocycles. The fourth-order valence-corrected chi connectivity index (χ4v) is 3.81. The Kier molecular flexibility index (Phi) is 5.42. The fraction of sp³-hybridized carbons (Fsp3) is 0.632. The van der Waals surface area contributed by atoms with E-state index in [1.54, 1.807) is 0 Å². The summed E-state index contributed by atoms with van der Waals surface area (Å²) in [6.07, 6.45) is 3.39. The Morgan fingerprint density at radius 1 is 1.26 bits per heavy atom. The molecule has 1 saturated carbocycles. The third kappa shape index (κ3) is 3.56. The van der Waals surface area contributed by atoms with Crippen molar-refractivity contribution in [3.63, 3.8) is 0 Å². The van der Waals surface area contributed by atoms with Gasteiger partial charge in [-0.1, -0.05) is 44.2 Å². The minimum Gasteiger partial charge on any atom is -0.353 e. The monoisotopic (exact) mass is 336 g/mol. The average molecular weight is 337 g/mol. The molecule has 128 valence electrons. The Hall–Kier alpha value is -1.06. The highest BCUT2D eigenvalue weighted by Crippen LogP contribution is 2.58. The quantitative estimate of drug-likeness (QED) is 0.886. The molecule has 3 rings (SSSR count). The van der Waals surface area contributed by atoms with Gasteiger partial charge in [-0.2, -0.15) is 0 Å². The maximum absolute atomic E-state index is 12.6. The van der Waals surface area contributed by atoms with Gasteiger partial charge in [-0.15, -0.1) is 12.4 Å². The molecule has 2 fully saturated rings. The van der Waals surface area contributed by atoms with Crippen LogP contribution in [0, 0.1) is 11.3 Å². The van der Waals surface area contributed by atoms with E-state index in [4.69, 9.17) is 0 Å². The molecule has 1 aliphatic carbocycles. The number of rotatable bonds is 4. The molecule has 2 atom stereocenters. The standard InChI is InChI=1S/C19H28N2O.ClH/c1-14(18(2,3)15-7-5-4-6-8-15)21-17(22)16-13-19(16)9-11-20-12-10-19;/h4-8,14,16,20H,9-13H2,1-3H3,(H,21,22);1H. The maximum atomic E-state index is 12.6. The summed E-state index contributed by atoms with van der Waals surface area (Å²) in [5.74, 6) is 0.502. The highest BCUT2D eigenvalue weighted by molar-refractivity contribution is 5.85. The van der Waals surface area contributed by atoms with Crippen LogP contribution in [-0.2, 0) is 10.2 Å². The predicted octanol–water partition coefficient (Wildman–Crippen LogP) is 3.28. The molecule has 1 heterocycles. The van der Waals surface area contributed by atoms with Crippen molar-refractivity contribution in [2.45, 2.75) is 51.5 Å². The summed E-state index contributed by atoms with van der Waals surface area (Å²) in [5, 5.41) is 6.69. The molecular weight excluding hydrogens is 308 g/mol. The summed E-state index contributed by atoms with van der Waals surface area (Å²) in [6, 6.07) is 10.6. The van der Waals surface area contributed by atoms with Crippen molar-refractivity contribution in [3.05, 3.63) is 35.9 Å². The van der Waals surface area contributed by atoms with E-state index in [0.717, 1.165) is 32.4 Å². The number of carbonyl (C=O) groups excluding carboxylic acids is 1. The van der Waals surface area contributed by atoms with E-state index >= 15 is 0 Å². The molecule has 23 heavy (non-hydrogen) atoms. The lowest BCUT2D eigenvalue weighted by Crippen LogP contribution is -2.46. The molecule has 2 unspecified atom stereocenters. The van der Waals surface area contributed by atoms with Gasteiger partial charge in [0.15, 0.2) is 0 Å². The molecule has 0 aromatic heterocycles. The SMILES string of the molecule is CC(NC(=O)C1CC12CCNCC2)C(C)(C)c1ccccc1.Cl. The molecule has 2 aliphatic rings. The smallest absolute Gasteiger partial charge is 0.223 e. The van der Waals surface area contributed by atoms with E-state index in [-0.39, 0.29) is 35.7 Å². The summed E-state index contributed by atoms with van der Waals surface area (Å²) >= 11 is 0. The molecule has 1 spiro atoms. The van der Waals surface area contributed by atoms with Crippen molar-refractivity contribution in [1.82, 2.24) is 10.6 Å². The van der Waals surface area contributed by atoms with E-state index in [0.29, 0.717) is 5.41 Å². The second kappa shape index (κ2) is 6.82. The van der Waals surface area contributed by atoms with Crippen LogP contribution >= 0.6 is 12.4 Å². The normalized spacial score (nSPS) is 23.7. The fourth-order valence-electron chi connectivity index (χ4n) is 3.81. The van der Waals surface area contributed by atoms with E-state index in [1.165, 1.54) is 5.56 Å². The zero-order valence-corrected chi connectivity index (χ0v) is 15.2. The lowest BCUT2D eigenvalue weighted by molar-refractivity contribution is -0.124. The van der Waals surface area contributed by atoms with Crippen molar-refractivity contribution in [2.75, 3.05) is 13.1 Å². The Morgan fingerprint density at radius 3 is 2.48 bits per heavy atom. The van der Waals surface area contributed by atoms with Gasteiger partial charge in [0, 0.05) is 17.4 Å². The largest absolute Gasteiger partial charge is 0.353 e. The van der Waals surface area contributed by atoms with Crippen molar-refractivity contribution >= 4 is 18.3 Å². The second-order valence-corrected chi connectivity index (χ2v) is 7.69. The first-order valence-electron chi connectivity index (χ1n) is 8.52. The van der Waals surface area contributed by atoms with Crippen molar-refractivity contribution < 1.29 is 4.79 Å². The summed E-state index contributed by atoms with van der Waals surface area (Å²) in [5.41, 5.74) is 1.52. The number of halogens is 1. The Morgan fingerprint density at radius 2 is 1.87 bits per heavy atom. The summed E-state index contributed by atoms with van der Waals surface area (Å²) in [4.78, 5) is 12.6. The topological polar surface area (TPSA) is 41.1 Å². The molecular formula is C19H29ClN2O. The van der Waals surface area contributed by atoms with Gasteiger partial charge in [-0.05, 0) is 50.3 Å². The molecule has 0 bridgehead atoms. The van der Waals surface area contributed by atoms with Crippen molar-refractivity contribution in [3.8, 4) is 0 Å². The molecule has 4 heteroatoms. The average Bonchev–Trinajstić information content (AvgIpc) is 3.22. The number of hydrogen-bond acceptors (Lipinski definition) is 2. The first-order valence-corrected chi connectivity index (χ1v) is 8.52. The predicted molar refractivity (Wildman–Crippen MR) is 97.0 cm³/mol. The highest BCUT2D eigenvalue weighted by Gasteiger charge is 2.57. The van der Waals surface area contributed by atoms with Gasteiger partial charge in [0.05, 0.1) is 0 Å². The second-order valence-electron chi connectivity index (χ2n) is 7.69. The summed E-state index contributed by atoms with van der Waals surface area (Å²) < 4.78 is 0. The zero-order valence-electron chi connectivity index (χ0n) is 14.4. The number of hydrogen-bond donors (Lipinski definition) is 2. The van der Waals surface area contributed by atoms with Crippen LogP contribution in [-0.4, -0.2) is 25.0 Å². The number of amides is 1. The van der Waals surface area contributed by atoms with E-state index in [1.807, 2.05) is 6.07 Å². The highest BCUT2D eigenvalue weighted by atomic mass is 35.5. The Balaban J connectivity index is 0.00000192. The lowest BCUT2D eigenvalue weighted by Gasteiger charge is -2.33. The molecule has 3 nitrogen and oxygen atoms in total. The van der Waals surface area contributed by atoms with Crippen LogP contribution in [0.1, 0.15) is 45.6 Å². The third-order valence-corrected chi connectivity index (χ3v) is 6.06. The van der Waals surface area contributed by atoms with Gasteiger partial charge in [0.2, 0.25) is 5.91 Å². The van der Waals surface area contributed by atoms with E-state index < -0.39 is 0 Å². The van der Waals surface area contributed by atoms with E-state index in [2.05, 4.69) is 55.7 Å². The molecule has 1 amide bonds.